The molecule has 0 aliphatic carbocycles. The second-order valence-electron chi connectivity index (χ2n) is 6.34. The van der Waals surface area contributed by atoms with Crippen molar-refractivity contribution in [2.24, 2.45) is 5.92 Å². The number of hydrogen-bond acceptors (Lipinski definition) is 4. The van der Waals surface area contributed by atoms with Gasteiger partial charge in [-0.25, -0.2) is 9.37 Å². The first-order valence-electron chi connectivity index (χ1n) is 8.46. The van der Waals surface area contributed by atoms with E-state index >= 15 is 0 Å². The molecular weight excluding hydrogens is 373 g/mol. The lowest BCUT2D eigenvalue weighted by molar-refractivity contribution is -0.120. The fourth-order valence-corrected chi connectivity index (χ4v) is 4.34. The number of hydrogen-bond donors (Lipinski definition) is 1. The second-order valence-corrected chi connectivity index (χ2v) is 7.76. The first-order valence-corrected chi connectivity index (χ1v) is 9.66. The van der Waals surface area contributed by atoms with Gasteiger partial charge in [-0.2, -0.15) is 0 Å². The molecule has 134 valence electrons. The number of fused-ring (bicyclic) bond motifs is 1. The van der Waals surface area contributed by atoms with E-state index in [0.29, 0.717) is 5.69 Å². The third-order valence-corrected chi connectivity index (χ3v) is 5.99. The number of anilines is 2. The van der Waals surface area contributed by atoms with Crippen molar-refractivity contribution < 1.29 is 9.18 Å². The quantitative estimate of drug-likeness (QED) is 0.689. The topological polar surface area (TPSA) is 45.2 Å². The summed E-state index contributed by atoms with van der Waals surface area (Å²) >= 11 is 7.45. The molecular formula is C19H17ClFN3OS. The first-order chi connectivity index (χ1) is 12.6. The Morgan fingerprint density at radius 3 is 2.73 bits per heavy atom. The van der Waals surface area contributed by atoms with Crippen LogP contribution in [0.4, 0.5) is 15.2 Å². The van der Waals surface area contributed by atoms with Crippen LogP contribution >= 0.6 is 22.9 Å². The number of rotatable bonds is 3. The van der Waals surface area contributed by atoms with Gasteiger partial charge in [-0.1, -0.05) is 35.1 Å². The molecule has 0 spiro atoms. The molecule has 4 rings (SSSR count). The van der Waals surface area contributed by atoms with E-state index in [1.165, 1.54) is 22.9 Å². The molecule has 2 aromatic carbocycles. The molecule has 1 fully saturated rings. The fourth-order valence-electron chi connectivity index (χ4n) is 3.15. The van der Waals surface area contributed by atoms with Gasteiger partial charge < -0.3 is 10.2 Å². The number of halogens is 2. The Morgan fingerprint density at radius 2 is 2.00 bits per heavy atom. The minimum atomic E-state index is -0.492. The van der Waals surface area contributed by atoms with E-state index in [1.807, 2.05) is 18.2 Å². The van der Waals surface area contributed by atoms with Crippen LogP contribution in [0.1, 0.15) is 12.8 Å². The minimum Gasteiger partial charge on any atom is -0.348 e. The summed E-state index contributed by atoms with van der Waals surface area (Å²) in [5.74, 6) is -0.602. The first kappa shape index (κ1) is 17.2. The average molecular weight is 390 g/mol. The lowest BCUT2D eigenvalue weighted by Gasteiger charge is -2.31. The summed E-state index contributed by atoms with van der Waals surface area (Å²) in [5, 5.41) is 3.85. The average Bonchev–Trinajstić information content (AvgIpc) is 3.09. The summed E-state index contributed by atoms with van der Waals surface area (Å²) in [5.41, 5.74) is 1.54. The molecule has 2 heterocycles. The summed E-state index contributed by atoms with van der Waals surface area (Å²) in [6.07, 6.45) is 1.52. The normalized spacial score (nSPS) is 15.4. The lowest BCUT2D eigenvalue weighted by Crippen LogP contribution is -2.38. The van der Waals surface area contributed by atoms with Crippen LogP contribution in [0.15, 0.2) is 42.5 Å². The number of nitrogens with zero attached hydrogens (tertiary/aromatic N) is 2. The highest BCUT2D eigenvalue weighted by Crippen LogP contribution is 2.31. The van der Waals surface area contributed by atoms with E-state index in [2.05, 4.69) is 21.3 Å². The Balaban J connectivity index is 1.38. The number of thiazole rings is 1. The van der Waals surface area contributed by atoms with Crippen molar-refractivity contribution in [1.29, 1.82) is 0 Å². The predicted molar refractivity (Wildman–Crippen MR) is 105 cm³/mol. The predicted octanol–water partition coefficient (Wildman–Crippen LogP) is 4.94. The van der Waals surface area contributed by atoms with Crippen molar-refractivity contribution in [3.8, 4) is 0 Å². The molecule has 1 N–H and O–H groups in total. The molecule has 7 heteroatoms. The maximum Gasteiger partial charge on any atom is 0.227 e. The summed E-state index contributed by atoms with van der Waals surface area (Å²) in [6.45, 7) is 1.59. The van der Waals surface area contributed by atoms with Crippen molar-refractivity contribution in [2.75, 3.05) is 23.3 Å². The van der Waals surface area contributed by atoms with E-state index in [9.17, 15) is 9.18 Å². The number of amides is 1. The Bertz CT molecular complexity index is 920. The standard InChI is InChI=1S/C19H17ClFN3OS/c20-14-11-13(5-6-15(14)21)22-18(25)12-7-9-24(10-8-12)19-23-16-3-1-2-4-17(16)26-19/h1-6,11-12H,7-10H2,(H,22,25). The van der Waals surface area contributed by atoms with Gasteiger partial charge in [-0.3, -0.25) is 4.79 Å². The monoisotopic (exact) mass is 389 g/mol. The summed E-state index contributed by atoms with van der Waals surface area (Å²) in [7, 11) is 0. The van der Waals surface area contributed by atoms with Crippen LogP contribution in [0.25, 0.3) is 10.2 Å². The molecule has 0 bridgehead atoms. The Morgan fingerprint density at radius 1 is 1.23 bits per heavy atom. The maximum atomic E-state index is 13.2. The van der Waals surface area contributed by atoms with E-state index in [1.54, 1.807) is 11.3 Å². The number of nitrogens with one attached hydrogen (secondary N) is 1. The van der Waals surface area contributed by atoms with Crippen molar-refractivity contribution >= 4 is 49.9 Å². The highest BCUT2D eigenvalue weighted by atomic mass is 35.5. The van der Waals surface area contributed by atoms with Crippen LogP contribution in [0, 0.1) is 11.7 Å². The third kappa shape index (κ3) is 3.52. The Hall–Kier alpha value is -2.18. The van der Waals surface area contributed by atoms with Gasteiger partial charge in [0.15, 0.2) is 5.13 Å². The van der Waals surface area contributed by atoms with E-state index in [4.69, 9.17) is 11.6 Å². The summed E-state index contributed by atoms with van der Waals surface area (Å²) < 4.78 is 14.4. The molecule has 4 nitrogen and oxygen atoms in total. The van der Waals surface area contributed by atoms with Gasteiger partial charge >= 0.3 is 0 Å². The zero-order chi connectivity index (χ0) is 18.1. The molecule has 0 saturated carbocycles. The van der Waals surface area contributed by atoms with E-state index < -0.39 is 5.82 Å². The maximum absolute atomic E-state index is 13.2. The van der Waals surface area contributed by atoms with Crippen molar-refractivity contribution in [2.45, 2.75) is 12.8 Å². The van der Waals surface area contributed by atoms with Crippen molar-refractivity contribution in [1.82, 2.24) is 4.98 Å². The molecule has 0 unspecified atom stereocenters. The molecule has 3 aromatic rings. The van der Waals surface area contributed by atoms with E-state index in [0.717, 1.165) is 36.6 Å². The summed E-state index contributed by atoms with van der Waals surface area (Å²) in [6, 6.07) is 12.3. The number of carbonyl (C=O) groups excluding carboxylic acids is 1. The van der Waals surface area contributed by atoms with Crippen LogP contribution in [0.3, 0.4) is 0 Å². The van der Waals surface area contributed by atoms with Gasteiger partial charge in [0.2, 0.25) is 5.91 Å². The van der Waals surface area contributed by atoms with Crippen LogP contribution in [-0.2, 0) is 4.79 Å². The number of piperidine rings is 1. The molecule has 1 amide bonds. The molecule has 1 saturated heterocycles. The number of carbonyl (C=O) groups is 1. The molecule has 1 aromatic heterocycles. The minimum absolute atomic E-state index is 0.00783. The SMILES string of the molecule is O=C(Nc1ccc(F)c(Cl)c1)C1CCN(c2nc3ccccc3s2)CC1. The highest BCUT2D eigenvalue weighted by molar-refractivity contribution is 7.22. The van der Waals surface area contributed by atoms with Crippen molar-refractivity contribution in [3.63, 3.8) is 0 Å². The Kier molecular flexibility index (Phi) is 4.78. The van der Waals surface area contributed by atoms with Crippen molar-refractivity contribution in [3.05, 3.63) is 53.3 Å². The number of benzene rings is 2. The van der Waals surface area contributed by atoms with Gasteiger partial charge in [0.1, 0.15) is 5.82 Å². The van der Waals surface area contributed by atoms with Crippen LogP contribution in [-0.4, -0.2) is 24.0 Å². The Labute approximate surface area is 159 Å². The van der Waals surface area contributed by atoms with Gasteiger partial charge in [-0.15, -0.1) is 0 Å². The van der Waals surface area contributed by atoms with Gasteiger partial charge in [0, 0.05) is 24.7 Å². The zero-order valence-electron chi connectivity index (χ0n) is 13.9. The molecule has 0 atom stereocenters. The van der Waals surface area contributed by atoms with Crippen LogP contribution < -0.4 is 10.2 Å². The molecule has 1 aliphatic rings. The highest BCUT2D eigenvalue weighted by Gasteiger charge is 2.26. The van der Waals surface area contributed by atoms with Gasteiger partial charge in [-0.05, 0) is 43.2 Å². The van der Waals surface area contributed by atoms with Gasteiger partial charge in [0.25, 0.3) is 0 Å². The molecule has 1 aliphatic heterocycles. The third-order valence-electron chi connectivity index (χ3n) is 4.61. The van der Waals surface area contributed by atoms with Crippen LogP contribution in [0.5, 0.6) is 0 Å². The van der Waals surface area contributed by atoms with Gasteiger partial charge in [0.05, 0.1) is 15.2 Å². The smallest absolute Gasteiger partial charge is 0.227 e. The molecule has 26 heavy (non-hydrogen) atoms. The van der Waals surface area contributed by atoms with Crippen LogP contribution in [0.2, 0.25) is 5.02 Å². The van der Waals surface area contributed by atoms with E-state index in [-0.39, 0.29) is 16.8 Å². The molecule has 0 radical (unpaired) electrons. The number of aromatic nitrogens is 1. The number of para-hydroxylation sites is 1. The largest absolute Gasteiger partial charge is 0.348 e. The fraction of sp³-hybridized carbons (Fsp3) is 0.263. The zero-order valence-corrected chi connectivity index (χ0v) is 15.5. The lowest BCUT2D eigenvalue weighted by atomic mass is 9.96. The second kappa shape index (κ2) is 7.21. The summed E-state index contributed by atoms with van der Waals surface area (Å²) in [4.78, 5) is 19.4.